The van der Waals surface area contributed by atoms with Gasteiger partial charge in [-0.05, 0) is 59.4 Å². The van der Waals surface area contributed by atoms with Crippen molar-refractivity contribution < 1.29 is 36.6 Å². The molecule has 2 fully saturated rings. The monoisotopic (exact) mass is 589 g/mol. The highest BCUT2D eigenvalue weighted by Crippen LogP contribution is 2.44. The second kappa shape index (κ2) is 10.2. The van der Waals surface area contributed by atoms with Gasteiger partial charge >= 0.3 is 6.18 Å². The standard InChI is InChI=1S/C26H32F5N5O3S/c1-13-9-25(27,28)12-36(13)22(38)18-19(40-21(34-18)20(37)33-11-23(2,3)39)15-10-32-17(8-16(15)26(29,30)31)35-24(4,5)14-6-7-14/h8,10,13-14,39H,6-7,9,11-12H2,1-5H3,(H,32,35)(H,33,37). The van der Waals surface area contributed by atoms with Crippen molar-refractivity contribution in [1.29, 1.82) is 0 Å². The van der Waals surface area contributed by atoms with Gasteiger partial charge in [-0.15, -0.1) is 11.3 Å². The van der Waals surface area contributed by atoms with Crippen LogP contribution in [0.2, 0.25) is 0 Å². The number of hydrogen-bond donors (Lipinski definition) is 3. The summed E-state index contributed by atoms with van der Waals surface area (Å²) < 4.78 is 71.3. The number of alkyl halides is 5. The lowest BCUT2D eigenvalue weighted by molar-refractivity contribution is -0.137. The fraction of sp³-hybridized carbons (Fsp3) is 0.615. The van der Waals surface area contributed by atoms with Crippen LogP contribution in [0, 0.1) is 5.92 Å². The molecule has 0 radical (unpaired) electrons. The van der Waals surface area contributed by atoms with E-state index in [1.807, 2.05) is 13.8 Å². The average molecular weight is 590 g/mol. The molecule has 2 aromatic rings. The molecule has 1 unspecified atom stereocenters. The largest absolute Gasteiger partial charge is 0.417 e. The van der Waals surface area contributed by atoms with Crippen molar-refractivity contribution in [1.82, 2.24) is 20.2 Å². The highest BCUT2D eigenvalue weighted by atomic mass is 32.1. The van der Waals surface area contributed by atoms with Crippen molar-refractivity contribution in [3.63, 3.8) is 0 Å². The van der Waals surface area contributed by atoms with Crippen molar-refractivity contribution in [2.75, 3.05) is 18.4 Å². The number of pyridine rings is 1. The van der Waals surface area contributed by atoms with Gasteiger partial charge in [0, 0.05) is 36.3 Å². The first-order valence-corrected chi connectivity index (χ1v) is 13.6. The Balaban J connectivity index is 1.79. The molecule has 4 rings (SSSR count). The van der Waals surface area contributed by atoms with Crippen LogP contribution in [0.4, 0.5) is 27.8 Å². The molecule has 1 aliphatic heterocycles. The van der Waals surface area contributed by atoms with Gasteiger partial charge in [0.25, 0.3) is 17.7 Å². The van der Waals surface area contributed by atoms with Gasteiger partial charge in [0.1, 0.15) is 11.5 Å². The van der Waals surface area contributed by atoms with E-state index in [0.29, 0.717) is 17.3 Å². The van der Waals surface area contributed by atoms with E-state index in [-0.39, 0.29) is 22.2 Å². The molecule has 1 aliphatic carbocycles. The first kappa shape index (κ1) is 30.1. The smallest absolute Gasteiger partial charge is 0.389 e. The van der Waals surface area contributed by atoms with E-state index in [4.69, 9.17) is 0 Å². The van der Waals surface area contributed by atoms with Crippen LogP contribution in [0.15, 0.2) is 12.3 Å². The van der Waals surface area contributed by atoms with E-state index in [1.54, 1.807) is 0 Å². The molecule has 40 heavy (non-hydrogen) atoms. The van der Waals surface area contributed by atoms with Gasteiger partial charge in [0.05, 0.1) is 22.6 Å². The minimum atomic E-state index is -4.87. The molecule has 3 N–H and O–H groups in total. The zero-order valence-corrected chi connectivity index (χ0v) is 23.6. The highest BCUT2D eigenvalue weighted by Gasteiger charge is 2.47. The number of thiazole rings is 1. The molecule has 1 saturated carbocycles. The van der Waals surface area contributed by atoms with Gasteiger partial charge in [0.15, 0.2) is 5.01 Å². The predicted molar refractivity (Wildman–Crippen MR) is 139 cm³/mol. The first-order chi connectivity index (χ1) is 18.3. The van der Waals surface area contributed by atoms with E-state index >= 15 is 0 Å². The lowest BCUT2D eigenvalue weighted by atomic mass is 9.98. The summed E-state index contributed by atoms with van der Waals surface area (Å²) in [5, 5.41) is 15.1. The van der Waals surface area contributed by atoms with Crippen LogP contribution in [0.5, 0.6) is 0 Å². The van der Waals surface area contributed by atoms with Gasteiger partial charge < -0.3 is 20.6 Å². The van der Waals surface area contributed by atoms with Crippen LogP contribution in [0.25, 0.3) is 10.4 Å². The molecule has 8 nitrogen and oxygen atoms in total. The van der Waals surface area contributed by atoms with Crippen molar-refractivity contribution in [3.05, 3.63) is 28.5 Å². The van der Waals surface area contributed by atoms with Crippen LogP contribution in [0.3, 0.4) is 0 Å². The van der Waals surface area contributed by atoms with Crippen molar-refractivity contribution in [3.8, 4) is 10.4 Å². The van der Waals surface area contributed by atoms with E-state index < -0.39 is 70.9 Å². The molecule has 220 valence electrons. The van der Waals surface area contributed by atoms with Gasteiger partial charge in [0.2, 0.25) is 0 Å². The normalized spacial score (nSPS) is 19.6. The van der Waals surface area contributed by atoms with Gasteiger partial charge in [-0.25, -0.2) is 18.7 Å². The number of nitrogens with one attached hydrogen (secondary N) is 2. The maximum atomic E-state index is 14.4. The molecule has 2 amide bonds. The van der Waals surface area contributed by atoms with Crippen LogP contribution < -0.4 is 10.6 Å². The third kappa shape index (κ3) is 6.70. The number of carbonyl (C=O) groups excluding carboxylic acids is 2. The average Bonchev–Trinajstić information content (AvgIpc) is 3.53. The highest BCUT2D eigenvalue weighted by molar-refractivity contribution is 7.17. The molecule has 1 saturated heterocycles. The van der Waals surface area contributed by atoms with E-state index in [1.165, 1.54) is 20.8 Å². The van der Waals surface area contributed by atoms with Gasteiger partial charge in [-0.3, -0.25) is 9.59 Å². The summed E-state index contributed by atoms with van der Waals surface area (Å²) in [5.74, 6) is -4.74. The number of nitrogens with zero attached hydrogens (tertiary/aromatic N) is 3. The predicted octanol–water partition coefficient (Wildman–Crippen LogP) is 5.19. The molecule has 0 aromatic carbocycles. The number of aliphatic hydroxyl groups is 1. The summed E-state index contributed by atoms with van der Waals surface area (Å²) in [6.07, 6.45) is -2.63. The van der Waals surface area contributed by atoms with Crippen LogP contribution >= 0.6 is 11.3 Å². The van der Waals surface area contributed by atoms with Crippen LogP contribution in [0.1, 0.15) is 79.7 Å². The fourth-order valence-electron chi connectivity index (χ4n) is 4.71. The topological polar surface area (TPSA) is 107 Å². The third-order valence-electron chi connectivity index (χ3n) is 7.00. The summed E-state index contributed by atoms with van der Waals surface area (Å²) >= 11 is 0.524. The maximum Gasteiger partial charge on any atom is 0.417 e. The number of amides is 2. The Kier molecular flexibility index (Phi) is 7.67. The Morgan fingerprint density at radius 3 is 2.38 bits per heavy atom. The van der Waals surface area contributed by atoms with E-state index in [9.17, 15) is 36.6 Å². The quantitative estimate of drug-likeness (QED) is 0.366. The Morgan fingerprint density at radius 1 is 1.20 bits per heavy atom. The van der Waals surface area contributed by atoms with Gasteiger partial charge in [-0.1, -0.05) is 0 Å². The molecule has 0 bridgehead atoms. The summed E-state index contributed by atoms with van der Waals surface area (Å²) in [6.45, 7) is 6.90. The molecule has 0 spiro atoms. The van der Waals surface area contributed by atoms with Crippen LogP contribution in [-0.2, 0) is 6.18 Å². The number of halogens is 5. The summed E-state index contributed by atoms with van der Waals surface area (Å²) in [6, 6.07) is -0.0605. The molecule has 14 heteroatoms. The molecule has 2 aliphatic rings. The molecule has 3 heterocycles. The first-order valence-electron chi connectivity index (χ1n) is 12.8. The summed E-state index contributed by atoms with van der Waals surface area (Å²) in [7, 11) is 0. The Hall–Kier alpha value is -2.87. The maximum absolute atomic E-state index is 14.4. The molecular weight excluding hydrogens is 557 g/mol. The van der Waals surface area contributed by atoms with Crippen molar-refractivity contribution in [2.45, 2.75) is 83.2 Å². The van der Waals surface area contributed by atoms with Crippen LogP contribution in [-0.4, -0.2) is 68.0 Å². The minimum Gasteiger partial charge on any atom is -0.389 e. The number of aromatic nitrogens is 2. The number of rotatable bonds is 8. The number of carbonyl (C=O) groups is 2. The fourth-order valence-corrected chi connectivity index (χ4v) is 5.71. The zero-order valence-electron chi connectivity index (χ0n) is 22.7. The van der Waals surface area contributed by atoms with Gasteiger partial charge in [-0.2, -0.15) is 13.2 Å². The van der Waals surface area contributed by atoms with E-state index in [2.05, 4.69) is 20.6 Å². The number of likely N-dealkylation sites (tertiary alicyclic amines) is 1. The molecular formula is C26H32F5N5O3S. The zero-order chi connectivity index (χ0) is 29.8. The van der Waals surface area contributed by atoms with Crippen molar-refractivity contribution in [2.24, 2.45) is 5.92 Å². The number of anilines is 1. The molecule has 2 aromatic heterocycles. The lowest BCUT2D eigenvalue weighted by Gasteiger charge is -2.27. The Labute approximate surface area is 232 Å². The third-order valence-corrected chi connectivity index (χ3v) is 8.08. The Bertz CT molecular complexity index is 1300. The number of hydrogen-bond acceptors (Lipinski definition) is 7. The summed E-state index contributed by atoms with van der Waals surface area (Å²) in [4.78, 5) is 35.0. The SMILES string of the molecule is CC1CC(F)(F)CN1C(=O)c1nc(C(=O)NCC(C)(C)O)sc1-c1cnc(NC(C)(C)C2CC2)cc1C(F)(F)F. The van der Waals surface area contributed by atoms with E-state index in [0.717, 1.165) is 30.0 Å². The second-order valence-corrected chi connectivity index (χ2v) is 12.8. The Morgan fingerprint density at radius 2 is 1.85 bits per heavy atom. The molecule has 1 atom stereocenters. The minimum absolute atomic E-state index is 0.0127. The lowest BCUT2D eigenvalue weighted by Crippen LogP contribution is -2.38. The van der Waals surface area contributed by atoms with Crippen molar-refractivity contribution >= 4 is 29.0 Å². The second-order valence-electron chi connectivity index (χ2n) is 11.8. The summed E-state index contributed by atoms with van der Waals surface area (Å²) in [5.41, 5.74) is -3.95.